The summed E-state index contributed by atoms with van der Waals surface area (Å²) < 4.78 is 0. The molecule has 14 heavy (non-hydrogen) atoms. The van der Waals surface area contributed by atoms with E-state index >= 15 is 0 Å². The van der Waals surface area contributed by atoms with Crippen molar-refractivity contribution in [2.75, 3.05) is 5.73 Å². The van der Waals surface area contributed by atoms with Gasteiger partial charge in [0.2, 0.25) is 0 Å². The van der Waals surface area contributed by atoms with Crippen molar-refractivity contribution >= 4 is 5.95 Å². The Balaban J connectivity index is 2.33. The Bertz CT molecular complexity index is 419. The van der Waals surface area contributed by atoms with E-state index in [1.54, 1.807) is 6.20 Å². The SMILES string of the molecule is Nc1ncc(-c2ccc(CO)cc2)[nH]1. The molecule has 1 aromatic heterocycles. The van der Waals surface area contributed by atoms with Gasteiger partial charge in [-0.15, -0.1) is 0 Å². The van der Waals surface area contributed by atoms with E-state index in [4.69, 9.17) is 10.8 Å². The number of aliphatic hydroxyl groups is 1. The average molecular weight is 189 g/mol. The summed E-state index contributed by atoms with van der Waals surface area (Å²) in [7, 11) is 0. The maximum Gasteiger partial charge on any atom is 0.197 e. The van der Waals surface area contributed by atoms with Gasteiger partial charge in [-0.1, -0.05) is 24.3 Å². The molecule has 0 aliphatic carbocycles. The highest BCUT2D eigenvalue weighted by molar-refractivity contribution is 5.60. The van der Waals surface area contributed by atoms with Gasteiger partial charge in [0.1, 0.15) is 0 Å². The first-order valence-electron chi connectivity index (χ1n) is 4.30. The van der Waals surface area contributed by atoms with Crippen LogP contribution in [-0.4, -0.2) is 15.1 Å². The predicted octanol–water partition coefficient (Wildman–Crippen LogP) is 1.15. The molecular weight excluding hydrogens is 178 g/mol. The molecule has 4 nitrogen and oxygen atoms in total. The largest absolute Gasteiger partial charge is 0.392 e. The maximum absolute atomic E-state index is 8.86. The van der Waals surface area contributed by atoms with Gasteiger partial charge >= 0.3 is 0 Å². The van der Waals surface area contributed by atoms with Gasteiger partial charge in [0.15, 0.2) is 5.95 Å². The molecular formula is C10H11N3O. The zero-order valence-corrected chi connectivity index (χ0v) is 7.57. The number of aromatic amines is 1. The standard InChI is InChI=1S/C10H11N3O/c11-10-12-5-9(13-10)8-3-1-7(6-14)2-4-8/h1-5,14H,6H2,(H3,11,12,13). The van der Waals surface area contributed by atoms with Crippen LogP contribution >= 0.6 is 0 Å². The van der Waals surface area contributed by atoms with E-state index in [0.717, 1.165) is 16.8 Å². The second-order valence-electron chi connectivity index (χ2n) is 3.04. The molecule has 0 aliphatic heterocycles. The number of H-pyrrole nitrogens is 1. The Kier molecular flexibility index (Phi) is 2.20. The van der Waals surface area contributed by atoms with Gasteiger partial charge in [-0.2, -0.15) is 0 Å². The molecule has 0 spiro atoms. The number of imidazole rings is 1. The molecule has 4 N–H and O–H groups in total. The summed E-state index contributed by atoms with van der Waals surface area (Å²) in [5.74, 6) is 0.409. The zero-order valence-electron chi connectivity index (χ0n) is 7.57. The molecule has 0 fully saturated rings. The third-order valence-corrected chi connectivity index (χ3v) is 2.04. The zero-order chi connectivity index (χ0) is 9.97. The van der Waals surface area contributed by atoms with Crippen molar-refractivity contribution in [1.29, 1.82) is 0 Å². The topological polar surface area (TPSA) is 74.9 Å². The van der Waals surface area contributed by atoms with E-state index in [-0.39, 0.29) is 6.61 Å². The predicted molar refractivity (Wildman–Crippen MR) is 54.4 cm³/mol. The maximum atomic E-state index is 8.86. The monoisotopic (exact) mass is 189 g/mol. The van der Waals surface area contributed by atoms with E-state index in [9.17, 15) is 0 Å². The molecule has 0 atom stereocenters. The van der Waals surface area contributed by atoms with Crippen molar-refractivity contribution in [2.24, 2.45) is 0 Å². The number of nitrogens with zero attached hydrogens (tertiary/aromatic N) is 1. The lowest BCUT2D eigenvalue weighted by Gasteiger charge is -1.98. The number of nitrogen functional groups attached to an aromatic ring is 1. The minimum atomic E-state index is 0.0609. The summed E-state index contributed by atoms with van der Waals surface area (Å²) in [6.07, 6.45) is 1.68. The first-order chi connectivity index (χ1) is 6.79. The summed E-state index contributed by atoms with van der Waals surface area (Å²) in [5.41, 5.74) is 8.24. The number of hydrogen-bond acceptors (Lipinski definition) is 3. The minimum absolute atomic E-state index is 0.0609. The summed E-state index contributed by atoms with van der Waals surface area (Å²) in [6, 6.07) is 7.57. The fourth-order valence-corrected chi connectivity index (χ4v) is 1.27. The Morgan fingerprint density at radius 2 is 2.00 bits per heavy atom. The number of nitrogens with one attached hydrogen (secondary N) is 1. The van der Waals surface area contributed by atoms with Gasteiger partial charge in [0, 0.05) is 0 Å². The van der Waals surface area contributed by atoms with Crippen molar-refractivity contribution < 1.29 is 5.11 Å². The molecule has 4 heteroatoms. The van der Waals surface area contributed by atoms with Gasteiger partial charge in [0.25, 0.3) is 0 Å². The van der Waals surface area contributed by atoms with Gasteiger partial charge in [0.05, 0.1) is 18.5 Å². The number of aliphatic hydroxyl groups excluding tert-OH is 1. The molecule has 2 aromatic rings. The molecule has 0 radical (unpaired) electrons. The Morgan fingerprint density at radius 1 is 1.29 bits per heavy atom. The summed E-state index contributed by atoms with van der Waals surface area (Å²) in [4.78, 5) is 6.84. The molecule has 0 saturated heterocycles. The molecule has 72 valence electrons. The van der Waals surface area contributed by atoms with E-state index in [2.05, 4.69) is 9.97 Å². The highest BCUT2D eigenvalue weighted by Gasteiger charge is 2.00. The minimum Gasteiger partial charge on any atom is -0.392 e. The van der Waals surface area contributed by atoms with Crippen LogP contribution in [0.5, 0.6) is 0 Å². The Hall–Kier alpha value is -1.81. The summed E-state index contributed by atoms with van der Waals surface area (Å²) in [6.45, 7) is 0.0609. The lowest BCUT2D eigenvalue weighted by Crippen LogP contribution is -1.86. The van der Waals surface area contributed by atoms with Gasteiger partial charge in [-0.3, -0.25) is 0 Å². The summed E-state index contributed by atoms with van der Waals surface area (Å²) in [5, 5.41) is 8.86. The van der Waals surface area contributed by atoms with Gasteiger partial charge in [-0.05, 0) is 11.1 Å². The van der Waals surface area contributed by atoms with Crippen LogP contribution in [0, 0.1) is 0 Å². The van der Waals surface area contributed by atoms with Crippen molar-refractivity contribution in [3.63, 3.8) is 0 Å². The van der Waals surface area contributed by atoms with Crippen LogP contribution in [0.4, 0.5) is 5.95 Å². The van der Waals surface area contributed by atoms with Crippen LogP contribution in [-0.2, 0) is 6.61 Å². The van der Waals surface area contributed by atoms with Crippen LogP contribution in [0.1, 0.15) is 5.56 Å². The van der Waals surface area contributed by atoms with Crippen molar-refractivity contribution in [3.05, 3.63) is 36.0 Å². The lowest BCUT2D eigenvalue weighted by molar-refractivity contribution is 0.282. The number of anilines is 1. The van der Waals surface area contributed by atoms with E-state index in [1.807, 2.05) is 24.3 Å². The van der Waals surface area contributed by atoms with Crippen LogP contribution in [0.3, 0.4) is 0 Å². The van der Waals surface area contributed by atoms with Crippen LogP contribution in [0.25, 0.3) is 11.3 Å². The number of benzene rings is 1. The smallest absolute Gasteiger partial charge is 0.197 e. The van der Waals surface area contributed by atoms with Gasteiger partial charge in [-0.25, -0.2) is 4.98 Å². The van der Waals surface area contributed by atoms with Crippen molar-refractivity contribution in [3.8, 4) is 11.3 Å². The first-order valence-corrected chi connectivity index (χ1v) is 4.30. The number of hydrogen-bond donors (Lipinski definition) is 3. The highest BCUT2D eigenvalue weighted by Crippen LogP contribution is 2.17. The average Bonchev–Trinajstić information content (AvgIpc) is 2.65. The number of nitrogens with two attached hydrogens (primary N) is 1. The van der Waals surface area contributed by atoms with E-state index in [1.165, 1.54) is 0 Å². The first kappa shape index (κ1) is 8.77. The van der Waals surface area contributed by atoms with Crippen LogP contribution < -0.4 is 5.73 Å². The third-order valence-electron chi connectivity index (χ3n) is 2.04. The lowest BCUT2D eigenvalue weighted by atomic mass is 10.1. The molecule has 1 heterocycles. The van der Waals surface area contributed by atoms with E-state index in [0.29, 0.717) is 5.95 Å². The normalized spacial score (nSPS) is 10.4. The van der Waals surface area contributed by atoms with Gasteiger partial charge < -0.3 is 15.8 Å². The second-order valence-corrected chi connectivity index (χ2v) is 3.04. The Morgan fingerprint density at radius 3 is 2.50 bits per heavy atom. The molecule has 1 aromatic carbocycles. The number of rotatable bonds is 2. The molecule has 0 amide bonds. The molecule has 0 bridgehead atoms. The quantitative estimate of drug-likeness (QED) is 0.663. The summed E-state index contributed by atoms with van der Waals surface area (Å²) >= 11 is 0. The molecule has 2 rings (SSSR count). The van der Waals surface area contributed by atoms with E-state index < -0.39 is 0 Å². The number of aromatic nitrogens is 2. The van der Waals surface area contributed by atoms with Crippen molar-refractivity contribution in [1.82, 2.24) is 9.97 Å². The van der Waals surface area contributed by atoms with Crippen LogP contribution in [0.2, 0.25) is 0 Å². The molecule has 0 unspecified atom stereocenters. The second kappa shape index (κ2) is 3.51. The fourth-order valence-electron chi connectivity index (χ4n) is 1.27. The Labute approximate surface area is 81.4 Å². The van der Waals surface area contributed by atoms with Crippen LogP contribution in [0.15, 0.2) is 30.5 Å². The molecule has 0 aliphatic rings. The van der Waals surface area contributed by atoms with Crippen molar-refractivity contribution in [2.45, 2.75) is 6.61 Å². The highest BCUT2D eigenvalue weighted by atomic mass is 16.3. The molecule has 0 saturated carbocycles. The fraction of sp³-hybridized carbons (Fsp3) is 0.100. The third kappa shape index (κ3) is 1.60.